The Hall–Kier alpha value is -1.18. The van der Waals surface area contributed by atoms with Crippen LogP contribution in [0.25, 0.3) is 0 Å². The second-order valence-corrected chi connectivity index (χ2v) is 5.96. The molecular weight excluding hydrogens is 212 g/mol. The highest BCUT2D eigenvalue weighted by atomic mass is 16.1. The molecule has 2 nitrogen and oxygen atoms in total. The van der Waals surface area contributed by atoms with Gasteiger partial charge >= 0.3 is 0 Å². The molecule has 4 rings (SSSR count). The largest absolute Gasteiger partial charge is 0.299 e. The van der Waals surface area contributed by atoms with Crippen molar-refractivity contribution in [1.29, 1.82) is 0 Å². The SMILES string of the molecule is O=C1C2C3C=CC(C3)C2C(=O)[C@@H]2CC=CC[C@H]12. The fourth-order valence-corrected chi connectivity index (χ4v) is 4.54. The zero-order chi connectivity index (χ0) is 11.6. The van der Waals surface area contributed by atoms with Crippen LogP contribution in [-0.4, -0.2) is 11.6 Å². The molecule has 0 amide bonds. The molecule has 6 atom stereocenters. The van der Waals surface area contributed by atoms with Crippen LogP contribution in [-0.2, 0) is 9.59 Å². The Morgan fingerprint density at radius 3 is 1.76 bits per heavy atom. The fourth-order valence-electron chi connectivity index (χ4n) is 4.54. The summed E-state index contributed by atoms with van der Waals surface area (Å²) in [5.41, 5.74) is 0. The van der Waals surface area contributed by atoms with Crippen molar-refractivity contribution >= 4 is 11.6 Å². The maximum absolute atomic E-state index is 12.6. The van der Waals surface area contributed by atoms with E-state index < -0.39 is 0 Å². The molecule has 0 aromatic carbocycles. The van der Waals surface area contributed by atoms with Gasteiger partial charge < -0.3 is 0 Å². The van der Waals surface area contributed by atoms with Crippen molar-refractivity contribution in [1.82, 2.24) is 0 Å². The number of hydrogen-bond acceptors (Lipinski definition) is 2. The maximum atomic E-state index is 12.6. The highest BCUT2D eigenvalue weighted by molar-refractivity contribution is 6.01. The molecule has 0 heterocycles. The van der Waals surface area contributed by atoms with Gasteiger partial charge in [-0.25, -0.2) is 0 Å². The van der Waals surface area contributed by atoms with Gasteiger partial charge in [-0.2, -0.15) is 0 Å². The smallest absolute Gasteiger partial charge is 0.141 e. The maximum Gasteiger partial charge on any atom is 0.141 e. The van der Waals surface area contributed by atoms with Crippen molar-refractivity contribution < 1.29 is 9.59 Å². The Labute approximate surface area is 101 Å². The third-order valence-corrected chi connectivity index (χ3v) is 5.28. The number of fused-ring (bicyclic) bond motifs is 6. The summed E-state index contributed by atoms with van der Waals surface area (Å²) < 4.78 is 0. The summed E-state index contributed by atoms with van der Waals surface area (Å²) in [7, 11) is 0. The lowest BCUT2D eigenvalue weighted by atomic mass is 9.60. The van der Waals surface area contributed by atoms with Crippen LogP contribution in [0, 0.1) is 35.5 Å². The lowest BCUT2D eigenvalue weighted by Crippen LogP contribution is -2.49. The van der Waals surface area contributed by atoms with E-state index in [1.165, 1.54) is 0 Å². The van der Waals surface area contributed by atoms with Gasteiger partial charge in [-0.3, -0.25) is 9.59 Å². The number of carbonyl (C=O) groups is 2. The summed E-state index contributed by atoms with van der Waals surface area (Å²) in [6, 6.07) is 0. The van der Waals surface area contributed by atoms with Gasteiger partial charge in [-0.15, -0.1) is 0 Å². The van der Waals surface area contributed by atoms with Crippen molar-refractivity contribution in [2.24, 2.45) is 35.5 Å². The molecular formula is C15H16O2. The minimum absolute atomic E-state index is 0.00139. The van der Waals surface area contributed by atoms with Crippen LogP contribution in [0.15, 0.2) is 24.3 Å². The monoisotopic (exact) mass is 228 g/mol. The van der Waals surface area contributed by atoms with Gasteiger partial charge in [0.1, 0.15) is 11.6 Å². The first-order chi connectivity index (χ1) is 8.27. The van der Waals surface area contributed by atoms with Gasteiger partial charge in [0.05, 0.1) is 0 Å². The third-order valence-electron chi connectivity index (χ3n) is 5.28. The van der Waals surface area contributed by atoms with Crippen LogP contribution in [0.4, 0.5) is 0 Å². The van der Waals surface area contributed by atoms with E-state index in [0.717, 1.165) is 19.3 Å². The lowest BCUT2D eigenvalue weighted by molar-refractivity contribution is -0.147. The topological polar surface area (TPSA) is 34.1 Å². The first kappa shape index (κ1) is 9.81. The summed E-state index contributed by atoms with van der Waals surface area (Å²) in [6.07, 6.45) is 11.1. The second kappa shape index (κ2) is 3.18. The molecule has 2 saturated carbocycles. The number of allylic oxidation sites excluding steroid dienone is 4. The van der Waals surface area contributed by atoms with Crippen LogP contribution < -0.4 is 0 Å². The van der Waals surface area contributed by atoms with Crippen LogP contribution >= 0.6 is 0 Å². The van der Waals surface area contributed by atoms with Gasteiger partial charge in [0.15, 0.2) is 0 Å². The average molecular weight is 228 g/mol. The van der Waals surface area contributed by atoms with E-state index >= 15 is 0 Å². The van der Waals surface area contributed by atoms with E-state index in [1.807, 2.05) is 0 Å². The summed E-state index contributed by atoms with van der Waals surface area (Å²) in [4.78, 5) is 25.1. The highest BCUT2D eigenvalue weighted by Crippen LogP contribution is 2.54. The highest BCUT2D eigenvalue weighted by Gasteiger charge is 2.58. The van der Waals surface area contributed by atoms with E-state index in [0.29, 0.717) is 23.4 Å². The van der Waals surface area contributed by atoms with Crippen molar-refractivity contribution in [3.05, 3.63) is 24.3 Å². The van der Waals surface area contributed by atoms with Crippen LogP contribution in [0.3, 0.4) is 0 Å². The molecule has 0 N–H and O–H groups in total. The minimum atomic E-state index is 0.00139. The lowest BCUT2D eigenvalue weighted by Gasteiger charge is -2.40. The average Bonchev–Trinajstić information content (AvgIpc) is 2.96. The van der Waals surface area contributed by atoms with Gasteiger partial charge in [0.2, 0.25) is 0 Å². The van der Waals surface area contributed by atoms with E-state index in [2.05, 4.69) is 24.3 Å². The zero-order valence-electron chi connectivity index (χ0n) is 9.71. The van der Waals surface area contributed by atoms with Crippen molar-refractivity contribution in [2.45, 2.75) is 19.3 Å². The van der Waals surface area contributed by atoms with Gasteiger partial charge in [-0.1, -0.05) is 24.3 Å². The fraction of sp³-hybridized carbons (Fsp3) is 0.600. The molecule has 88 valence electrons. The number of hydrogen-bond donors (Lipinski definition) is 0. The van der Waals surface area contributed by atoms with Crippen molar-refractivity contribution in [3.8, 4) is 0 Å². The minimum Gasteiger partial charge on any atom is -0.299 e. The quantitative estimate of drug-likeness (QED) is 0.595. The normalized spacial score (nSPS) is 50.6. The summed E-state index contributed by atoms with van der Waals surface area (Å²) in [5, 5.41) is 0. The van der Waals surface area contributed by atoms with E-state index in [-0.39, 0.29) is 23.7 Å². The Morgan fingerprint density at radius 2 is 1.29 bits per heavy atom. The Balaban J connectivity index is 1.78. The Morgan fingerprint density at radius 1 is 0.824 bits per heavy atom. The van der Waals surface area contributed by atoms with Crippen LogP contribution in [0.5, 0.6) is 0 Å². The molecule has 0 aromatic heterocycles. The molecule has 2 fully saturated rings. The molecule has 4 aliphatic rings. The van der Waals surface area contributed by atoms with Gasteiger partial charge in [-0.05, 0) is 31.1 Å². The van der Waals surface area contributed by atoms with Crippen LogP contribution in [0.1, 0.15) is 19.3 Å². The predicted molar refractivity (Wildman–Crippen MR) is 63.1 cm³/mol. The van der Waals surface area contributed by atoms with E-state index in [1.54, 1.807) is 0 Å². The molecule has 0 aromatic rings. The number of ketones is 2. The van der Waals surface area contributed by atoms with Crippen LogP contribution in [0.2, 0.25) is 0 Å². The summed E-state index contributed by atoms with van der Waals surface area (Å²) in [5.74, 6) is 1.58. The Bertz CT molecular complexity index is 420. The molecule has 2 bridgehead atoms. The molecule has 17 heavy (non-hydrogen) atoms. The van der Waals surface area contributed by atoms with Gasteiger partial charge in [0.25, 0.3) is 0 Å². The standard InChI is InChI=1S/C15H16O2/c16-14-10-3-1-2-4-11(10)15(17)13-9-6-5-8(7-9)12(13)14/h1-2,5-6,8-13H,3-4,7H2/t8?,9?,10-,11+,12?,13?. The molecule has 0 radical (unpaired) electrons. The second-order valence-electron chi connectivity index (χ2n) is 5.96. The molecule has 0 saturated heterocycles. The third kappa shape index (κ3) is 1.11. The van der Waals surface area contributed by atoms with E-state index in [9.17, 15) is 9.59 Å². The summed E-state index contributed by atoms with van der Waals surface area (Å²) in [6.45, 7) is 0. The first-order valence-electron chi connectivity index (χ1n) is 6.68. The molecule has 0 spiro atoms. The molecule has 4 aliphatic carbocycles. The van der Waals surface area contributed by atoms with Gasteiger partial charge in [0, 0.05) is 23.7 Å². The number of Topliss-reactive ketones (excluding diaryl/α,β-unsaturated/α-hetero) is 2. The van der Waals surface area contributed by atoms with Crippen molar-refractivity contribution in [2.75, 3.05) is 0 Å². The predicted octanol–water partition coefficient (Wildman–Crippen LogP) is 2.16. The van der Waals surface area contributed by atoms with Crippen molar-refractivity contribution in [3.63, 3.8) is 0 Å². The Kier molecular flexibility index (Phi) is 1.84. The molecule has 4 unspecified atom stereocenters. The first-order valence-corrected chi connectivity index (χ1v) is 6.68. The molecule has 2 heteroatoms. The number of rotatable bonds is 0. The zero-order valence-corrected chi connectivity index (χ0v) is 9.71. The number of carbonyl (C=O) groups excluding carboxylic acids is 2. The van der Waals surface area contributed by atoms with E-state index in [4.69, 9.17) is 0 Å². The summed E-state index contributed by atoms with van der Waals surface area (Å²) >= 11 is 0. The molecule has 0 aliphatic heterocycles.